The third-order valence-electron chi connectivity index (χ3n) is 4.26. The van der Waals surface area contributed by atoms with Gasteiger partial charge in [0.15, 0.2) is 5.96 Å². The standard InChI is InChI=1S/C16H34N4.HI/c1-3-4-5-9-12-18-16(17)19-13-14-20(2)15-10-7-6-8-11-15;/h15H,3-14H2,1-2H3,(H3,17,18,19);1H. The highest BCUT2D eigenvalue weighted by Crippen LogP contribution is 2.21. The number of halogens is 1. The van der Waals surface area contributed by atoms with Gasteiger partial charge >= 0.3 is 0 Å². The van der Waals surface area contributed by atoms with Gasteiger partial charge in [-0.15, -0.1) is 24.0 Å². The van der Waals surface area contributed by atoms with Gasteiger partial charge in [-0.1, -0.05) is 45.4 Å². The molecular weight excluding hydrogens is 375 g/mol. The van der Waals surface area contributed by atoms with Crippen molar-refractivity contribution >= 4 is 29.9 Å². The molecule has 0 amide bonds. The molecule has 0 heterocycles. The molecule has 0 saturated heterocycles. The molecule has 1 aliphatic carbocycles. The summed E-state index contributed by atoms with van der Waals surface area (Å²) in [6.45, 7) is 5.04. The Labute approximate surface area is 148 Å². The normalized spacial score (nSPS) is 16.8. The summed E-state index contributed by atoms with van der Waals surface area (Å²) in [6.07, 6.45) is 11.9. The minimum atomic E-state index is 0. The maximum atomic E-state index is 5.87. The topological polar surface area (TPSA) is 53.6 Å². The number of nitrogens with two attached hydrogens (primary N) is 1. The van der Waals surface area contributed by atoms with Crippen LogP contribution in [0, 0.1) is 0 Å². The van der Waals surface area contributed by atoms with Crippen LogP contribution in [-0.4, -0.2) is 43.6 Å². The number of nitrogens with one attached hydrogen (secondary N) is 1. The SMILES string of the molecule is CCCCCCN=C(N)NCCN(C)C1CCCCC1.I. The molecule has 0 radical (unpaired) electrons. The monoisotopic (exact) mass is 410 g/mol. The van der Waals surface area contributed by atoms with E-state index in [9.17, 15) is 0 Å². The first kappa shape index (κ1) is 21.0. The zero-order chi connectivity index (χ0) is 14.6. The average molecular weight is 410 g/mol. The molecule has 3 N–H and O–H groups in total. The van der Waals surface area contributed by atoms with E-state index < -0.39 is 0 Å². The van der Waals surface area contributed by atoms with Crippen LogP contribution in [0.1, 0.15) is 64.7 Å². The number of unbranched alkanes of at least 4 members (excludes halogenated alkanes) is 3. The van der Waals surface area contributed by atoms with E-state index in [2.05, 4.69) is 29.2 Å². The Hall–Kier alpha value is -0.0400. The van der Waals surface area contributed by atoms with Crippen molar-refractivity contribution in [1.82, 2.24) is 10.2 Å². The van der Waals surface area contributed by atoms with Crippen LogP contribution >= 0.6 is 24.0 Å². The summed E-state index contributed by atoms with van der Waals surface area (Å²) in [5.74, 6) is 0.610. The smallest absolute Gasteiger partial charge is 0.188 e. The second kappa shape index (κ2) is 13.6. The number of rotatable bonds is 9. The molecular formula is C16H35IN4. The number of nitrogens with zero attached hydrogens (tertiary/aromatic N) is 2. The molecule has 4 nitrogen and oxygen atoms in total. The highest BCUT2D eigenvalue weighted by Gasteiger charge is 2.17. The second-order valence-electron chi connectivity index (χ2n) is 6.03. The Bertz CT molecular complexity index is 265. The minimum absolute atomic E-state index is 0. The van der Waals surface area contributed by atoms with E-state index in [1.54, 1.807) is 0 Å². The third-order valence-corrected chi connectivity index (χ3v) is 4.26. The second-order valence-corrected chi connectivity index (χ2v) is 6.03. The minimum Gasteiger partial charge on any atom is -0.370 e. The lowest BCUT2D eigenvalue weighted by atomic mass is 9.94. The van der Waals surface area contributed by atoms with Crippen LogP contribution in [0.5, 0.6) is 0 Å². The molecule has 126 valence electrons. The third kappa shape index (κ3) is 10.3. The Morgan fingerprint density at radius 1 is 1.19 bits per heavy atom. The van der Waals surface area contributed by atoms with Gasteiger partial charge in [-0.05, 0) is 26.3 Å². The van der Waals surface area contributed by atoms with Crippen molar-refractivity contribution < 1.29 is 0 Å². The summed E-state index contributed by atoms with van der Waals surface area (Å²) >= 11 is 0. The molecule has 0 aromatic carbocycles. The van der Waals surface area contributed by atoms with Crippen LogP contribution in [-0.2, 0) is 0 Å². The van der Waals surface area contributed by atoms with Gasteiger partial charge in [-0.25, -0.2) is 0 Å². The lowest BCUT2D eigenvalue weighted by molar-refractivity contribution is 0.194. The van der Waals surface area contributed by atoms with Crippen molar-refractivity contribution in [3.05, 3.63) is 0 Å². The van der Waals surface area contributed by atoms with Crippen LogP contribution in [0.15, 0.2) is 4.99 Å². The van der Waals surface area contributed by atoms with Crippen molar-refractivity contribution in [2.75, 3.05) is 26.7 Å². The lowest BCUT2D eigenvalue weighted by Gasteiger charge is -2.31. The first-order chi connectivity index (χ1) is 9.74. The van der Waals surface area contributed by atoms with Gasteiger partial charge in [0.25, 0.3) is 0 Å². The molecule has 5 heteroatoms. The number of likely N-dealkylation sites (N-methyl/N-ethyl adjacent to an activating group) is 1. The number of hydrogen-bond acceptors (Lipinski definition) is 2. The fourth-order valence-electron chi connectivity index (χ4n) is 2.86. The molecule has 0 atom stereocenters. The van der Waals surface area contributed by atoms with Crippen molar-refractivity contribution in [1.29, 1.82) is 0 Å². The molecule has 1 aliphatic rings. The maximum Gasteiger partial charge on any atom is 0.188 e. The Morgan fingerprint density at radius 3 is 2.57 bits per heavy atom. The largest absolute Gasteiger partial charge is 0.370 e. The predicted octanol–water partition coefficient (Wildman–Crippen LogP) is 3.35. The summed E-state index contributed by atoms with van der Waals surface area (Å²) < 4.78 is 0. The molecule has 0 aliphatic heterocycles. The van der Waals surface area contributed by atoms with E-state index in [0.717, 1.165) is 32.1 Å². The van der Waals surface area contributed by atoms with Crippen molar-refractivity contribution in [3.63, 3.8) is 0 Å². The van der Waals surface area contributed by atoms with Crippen LogP contribution < -0.4 is 11.1 Å². The molecule has 0 spiro atoms. The quantitative estimate of drug-likeness (QED) is 0.265. The van der Waals surface area contributed by atoms with Gasteiger partial charge in [0.1, 0.15) is 0 Å². The average Bonchev–Trinajstić information content (AvgIpc) is 2.48. The Morgan fingerprint density at radius 2 is 1.90 bits per heavy atom. The van der Waals surface area contributed by atoms with E-state index in [4.69, 9.17) is 5.73 Å². The summed E-state index contributed by atoms with van der Waals surface area (Å²) in [5, 5.41) is 3.23. The fourth-order valence-corrected chi connectivity index (χ4v) is 2.86. The number of hydrogen-bond donors (Lipinski definition) is 2. The van der Waals surface area contributed by atoms with E-state index in [0.29, 0.717) is 5.96 Å². The molecule has 0 aromatic heterocycles. The molecule has 1 fully saturated rings. The molecule has 0 aromatic rings. The van der Waals surface area contributed by atoms with Crippen molar-refractivity contribution in [2.24, 2.45) is 10.7 Å². The first-order valence-corrected chi connectivity index (χ1v) is 8.48. The Balaban J connectivity index is 0.00000400. The molecule has 0 unspecified atom stereocenters. The van der Waals surface area contributed by atoms with E-state index >= 15 is 0 Å². The molecule has 21 heavy (non-hydrogen) atoms. The predicted molar refractivity (Wildman–Crippen MR) is 104 cm³/mol. The Kier molecular flexibility index (Phi) is 13.6. The van der Waals surface area contributed by atoms with Crippen LogP contribution in [0.2, 0.25) is 0 Å². The van der Waals surface area contributed by atoms with Crippen molar-refractivity contribution in [3.8, 4) is 0 Å². The highest BCUT2D eigenvalue weighted by molar-refractivity contribution is 14.0. The zero-order valence-electron chi connectivity index (χ0n) is 13.9. The van der Waals surface area contributed by atoms with Gasteiger partial charge < -0.3 is 16.0 Å². The number of guanidine groups is 1. The summed E-state index contributed by atoms with van der Waals surface area (Å²) in [6, 6.07) is 0.776. The van der Waals surface area contributed by atoms with Gasteiger partial charge in [0.05, 0.1) is 0 Å². The summed E-state index contributed by atoms with van der Waals surface area (Å²) in [7, 11) is 2.23. The van der Waals surface area contributed by atoms with Crippen LogP contribution in [0.3, 0.4) is 0 Å². The van der Waals surface area contributed by atoms with Crippen LogP contribution in [0.4, 0.5) is 0 Å². The van der Waals surface area contributed by atoms with E-state index in [1.807, 2.05) is 0 Å². The lowest BCUT2D eigenvalue weighted by Crippen LogP contribution is -2.41. The summed E-state index contributed by atoms with van der Waals surface area (Å²) in [5.41, 5.74) is 5.87. The zero-order valence-corrected chi connectivity index (χ0v) is 16.3. The van der Waals surface area contributed by atoms with Gasteiger partial charge in [0.2, 0.25) is 0 Å². The van der Waals surface area contributed by atoms with E-state index in [-0.39, 0.29) is 24.0 Å². The molecule has 0 bridgehead atoms. The first-order valence-electron chi connectivity index (χ1n) is 8.48. The van der Waals surface area contributed by atoms with E-state index in [1.165, 1.54) is 51.4 Å². The van der Waals surface area contributed by atoms with Gasteiger partial charge in [-0.3, -0.25) is 4.99 Å². The summed E-state index contributed by atoms with van der Waals surface area (Å²) in [4.78, 5) is 6.84. The van der Waals surface area contributed by atoms with Crippen LogP contribution in [0.25, 0.3) is 0 Å². The molecule has 1 saturated carbocycles. The molecule has 1 rings (SSSR count). The van der Waals surface area contributed by atoms with Crippen molar-refractivity contribution in [2.45, 2.75) is 70.8 Å². The van der Waals surface area contributed by atoms with Gasteiger partial charge in [0, 0.05) is 25.7 Å². The van der Waals surface area contributed by atoms with Gasteiger partial charge in [-0.2, -0.15) is 0 Å². The fraction of sp³-hybridized carbons (Fsp3) is 0.938. The number of aliphatic imine (C=N–C) groups is 1. The maximum absolute atomic E-state index is 5.87. The highest BCUT2D eigenvalue weighted by atomic mass is 127.